The van der Waals surface area contributed by atoms with E-state index in [2.05, 4.69) is 5.32 Å². The molecule has 0 aromatic rings. The second-order valence-electron chi connectivity index (χ2n) is 4.49. The average molecular weight is 260 g/mol. The second kappa shape index (κ2) is 4.81. The molecule has 0 aliphatic carbocycles. The molecular formula is C10H16N2O6. The zero-order valence-electron chi connectivity index (χ0n) is 9.81. The van der Waals surface area contributed by atoms with Crippen molar-refractivity contribution in [3.63, 3.8) is 0 Å². The normalized spacial score (nSPS) is 41.1. The number of carbonyl (C=O) groups is 2. The number of carbonyl (C=O) groups excluding carboxylic acids is 2. The van der Waals surface area contributed by atoms with Crippen molar-refractivity contribution < 1.29 is 29.6 Å². The summed E-state index contributed by atoms with van der Waals surface area (Å²) >= 11 is 0. The Bertz CT molecular complexity index is 362. The van der Waals surface area contributed by atoms with Gasteiger partial charge in [-0.15, -0.1) is 0 Å². The molecule has 2 saturated heterocycles. The first-order valence-electron chi connectivity index (χ1n) is 5.65. The number of ether oxygens (including phenoxy) is 1. The summed E-state index contributed by atoms with van der Waals surface area (Å²) in [6.07, 6.45) is -4.36. The second-order valence-corrected chi connectivity index (χ2v) is 4.49. The lowest BCUT2D eigenvalue weighted by molar-refractivity contribution is -0.141. The smallest absolute Gasteiger partial charge is 0.323 e. The van der Waals surface area contributed by atoms with E-state index in [1.54, 1.807) is 0 Å². The molecule has 2 heterocycles. The van der Waals surface area contributed by atoms with Gasteiger partial charge in [-0.25, -0.2) is 4.79 Å². The van der Waals surface area contributed by atoms with Crippen LogP contribution in [0.2, 0.25) is 0 Å². The van der Waals surface area contributed by atoms with Gasteiger partial charge in [-0.2, -0.15) is 0 Å². The Morgan fingerprint density at radius 3 is 2.61 bits per heavy atom. The van der Waals surface area contributed by atoms with Crippen LogP contribution in [0.15, 0.2) is 0 Å². The molecule has 0 aromatic heterocycles. The number of imide groups is 1. The van der Waals surface area contributed by atoms with Crippen LogP contribution < -0.4 is 5.32 Å². The van der Waals surface area contributed by atoms with Gasteiger partial charge in [-0.1, -0.05) is 0 Å². The first-order valence-corrected chi connectivity index (χ1v) is 5.65. The van der Waals surface area contributed by atoms with Crippen molar-refractivity contribution in [2.24, 2.45) is 5.92 Å². The fourth-order valence-corrected chi connectivity index (χ4v) is 2.27. The van der Waals surface area contributed by atoms with Gasteiger partial charge in [0, 0.05) is 13.6 Å². The first-order chi connectivity index (χ1) is 8.47. The Morgan fingerprint density at radius 2 is 2.06 bits per heavy atom. The van der Waals surface area contributed by atoms with E-state index in [0.29, 0.717) is 0 Å². The minimum Gasteiger partial charge on any atom is -0.394 e. The summed E-state index contributed by atoms with van der Waals surface area (Å²) in [7, 11) is 1.32. The number of aliphatic hydroxyl groups is 3. The Kier molecular flexibility index (Phi) is 3.53. The van der Waals surface area contributed by atoms with E-state index in [-0.39, 0.29) is 6.54 Å². The molecule has 1 unspecified atom stereocenters. The van der Waals surface area contributed by atoms with Gasteiger partial charge in [-0.3, -0.25) is 9.69 Å². The molecule has 8 heteroatoms. The maximum Gasteiger partial charge on any atom is 0.323 e. The summed E-state index contributed by atoms with van der Waals surface area (Å²) in [5.41, 5.74) is 0. The maximum absolute atomic E-state index is 11.9. The third-order valence-corrected chi connectivity index (χ3v) is 3.40. The van der Waals surface area contributed by atoms with Crippen LogP contribution in [0.25, 0.3) is 0 Å². The van der Waals surface area contributed by atoms with Crippen LogP contribution in [0, 0.1) is 5.92 Å². The molecule has 4 N–H and O–H groups in total. The molecule has 8 nitrogen and oxygen atoms in total. The summed E-state index contributed by atoms with van der Waals surface area (Å²) in [5, 5.41) is 30.9. The van der Waals surface area contributed by atoms with E-state index in [1.165, 1.54) is 7.05 Å². The zero-order chi connectivity index (χ0) is 13.4. The van der Waals surface area contributed by atoms with Crippen molar-refractivity contribution in [3.05, 3.63) is 0 Å². The molecule has 2 aliphatic rings. The predicted molar refractivity (Wildman–Crippen MR) is 57.4 cm³/mol. The Labute approximate surface area is 103 Å². The number of aliphatic hydroxyl groups excluding tert-OH is 3. The van der Waals surface area contributed by atoms with Gasteiger partial charge in [-0.05, 0) is 0 Å². The predicted octanol–water partition coefficient (Wildman–Crippen LogP) is -2.73. The number of nitrogens with zero attached hydrogens (tertiary/aromatic N) is 1. The molecule has 0 saturated carbocycles. The Hall–Kier alpha value is -1.22. The SMILES string of the molecule is CN1C(=O)NCC([C@@H]2O[C@H](CO)[C@@H](O)[C@H]2O)C1=O. The number of hydrogen-bond acceptors (Lipinski definition) is 6. The molecule has 102 valence electrons. The molecule has 0 radical (unpaired) electrons. The number of nitrogens with one attached hydrogen (secondary N) is 1. The molecule has 0 aromatic carbocycles. The monoisotopic (exact) mass is 260 g/mol. The lowest BCUT2D eigenvalue weighted by Crippen LogP contribution is -2.57. The van der Waals surface area contributed by atoms with Crippen LogP contribution >= 0.6 is 0 Å². The fourth-order valence-electron chi connectivity index (χ4n) is 2.27. The highest BCUT2D eigenvalue weighted by molar-refractivity contribution is 5.98. The highest BCUT2D eigenvalue weighted by Crippen LogP contribution is 2.28. The van der Waals surface area contributed by atoms with E-state index >= 15 is 0 Å². The Morgan fingerprint density at radius 1 is 1.39 bits per heavy atom. The van der Waals surface area contributed by atoms with E-state index in [0.717, 1.165) is 4.90 Å². The number of amides is 3. The summed E-state index contributed by atoms with van der Waals surface area (Å²) in [6.45, 7) is -0.410. The van der Waals surface area contributed by atoms with E-state index in [4.69, 9.17) is 9.84 Å². The molecule has 2 fully saturated rings. The van der Waals surface area contributed by atoms with Crippen LogP contribution in [0.5, 0.6) is 0 Å². The standard InChI is InChI=1S/C10H16N2O6/c1-12-9(16)4(2-11-10(12)17)8-7(15)6(14)5(3-13)18-8/h4-8,13-15H,2-3H2,1H3,(H,11,17)/t4?,5-,6-,7-,8+/m1/s1. The lowest BCUT2D eigenvalue weighted by atomic mass is 9.93. The van der Waals surface area contributed by atoms with Crippen LogP contribution in [-0.2, 0) is 9.53 Å². The van der Waals surface area contributed by atoms with Gasteiger partial charge in [0.2, 0.25) is 5.91 Å². The van der Waals surface area contributed by atoms with Crippen molar-refractivity contribution in [2.45, 2.75) is 24.4 Å². The average Bonchev–Trinajstić information content (AvgIpc) is 2.64. The van der Waals surface area contributed by atoms with Crippen molar-refractivity contribution in [3.8, 4) is 0 Å². The molecule has 18 heavy (non-hydrogen) atoms. The molecule has 5 atom stereocenters. The quantitative estimate of drug-likeness (QED) is 0.428. The number of hydrogen-bond donors (Lipinski definition) is 4. The zero-order valence-corrected chi connectivity index (χ0v) is 9.81. The summed E-state index contributed by atoms with van der Waals surface area (Å²) in [4.78, 5) is 24.0. The molecule has 3 amide bonds. The van der Waals surface area contributed by atoms with Gasteiger partial charge in [0.25, 0.3) is 0 Å². The van der Waals surface area contributed by atoms with Crippen molar-refractivity contribution in [2.75, 3.05) is 20.2 Å². The highest BCUT2D eigenvalue weighted by atomic mass is 16.6. The topological polar surface area (TPSA) is 119 Å². The molecule has 2 rings (SSSR count). The molecule has 0 bridgehead atoms. The maximum atomic E-state index is 11.9. The van der Waals surface area contributed by atoms with Crippen molar-refractivity contribution in [1.82, 2.24) is 10.2 Å². The van der Waals surface area contributed by atoms with Crippen LogP contribution in [0.3, 0.4) is 0 Å². The fraction of sp³-hybridized carbons (Fsp3) is 0.800. The Balaban J connectivity index is 2.13. The van der Waals surface area contributed by atoms with Crippen molar-refractivity contribution >= 4 is 11.9 Å². The van der Waals surface area contributed by atoms with Gasteiger partial charge in [0.05, 0.1) is 18.6 Å². The minimum atomic E-state index is -1.26. The number of rotatable bonds is 2. The third kappa shape index (κ3) is 1.97. The lowest BCUT2D eigenvalue weighted by Gasteiger charge is -2.32. The van der Waals surface area contributed by atoms with Crippen LogP contribution in [-0.4, -0.2) is 76.8 Å². The number of urea groups is 1. The largest absolute Gasteiger partial charge is 0.394 e. The van der Waals surface area contributed by atoms with Gasteiger partial charge in [0.1, 0.15) is 18.3 Å². The van der Waals surface area contributed by atoms with E-state index in [1.807, 2.05) is 0 Å². The van der Waals surface area contributed by atoms with Gasteiger partial charge < -0.3 is 25.4 Å². The third-order valence-electron chi connectivity index (χ3n) is 3.40. The van der Waals surface area contributed by atoms with E-state index < -0.39 is 48.9 Å². The van der Waals surface area contributed by atoms with Gasteiger partial charge in [0.15, 0.2) is 0 Å². The van der Waals surface area contributed by atoms with Crippen LogP contribution in [0.4, 0.5) is 4.79 Å². The molecule has 0 spiro atoms. The van der Waals surface area contributed by atoms with Crippen LogP contribution in [0.1, 0.15) is 0 Å². The summed E-state index contributed by atoms with van der Waals surface area (Å²) in [5.74, 6) is -1.25. The first kappa shape index (κ1) is 13.2. The van der Waals surface area contributed by atoms with Gasteiger partial charge >= 0.3 is 6.03 Å². The van der Waals surface area contributed by atoms with E-state index in [9.17, 15) is 19.8 Å². The minimum absolute atomic E-state index is 0.0363. The molecule has 2 aliphatic heterocycles. The van der Waals surface area contributed by atoms with Crippen molar-refractivity contribution in [1.29, 1.82) is 0 Å². The summed E-state index contributed by atoms with van der Waals surface area (Å²) < 4.78 is 5.28. The molecular weight excluding hydrogens is 244 g/mol. The summed E-state index contributed by atoms with van der Waals surface area (Å²) in [6, 6.07) is -0.511. The highest BCUT2D eigenvalue weighted by Gasteiger charge is 2.50.